The molecule has 0 aliphatic carbocycles. The number of aromatic nitrogens is 1. The first-order valence-electron chi connectivity index (χ1n) is 9.01. The molecule has 0 saturated heterocycles. The summed E-state index contributed by atoms with van der Waals surface area (Å²) in [4.78, 5) is 16.4. The molecule has 7 nitrogen and oxygen atoms in total. The molecule has 0 atom stereocenters. The summed E-state index contributed by atoms with van der Waals surface area (Å²) in [7, 11) is 4.32. The number of benzene rings is 2. The van der Waals surface area contributed by atoms with Crippen LogP contribution in [0.2, 0.25) is 0 Å². The molecule has 3 aromatic rings. The van der Waals surface area contributed by atoms with Crippen LogP contribution in [0.4, 0.5) is 0 Å². The third-order valence-electron chi connectivity index (χ3n) is 4.02. The highest BCUT2D eigenvalue weighted by molar-refractivity contribution is 6.16. The van der Waals surface area contributed by atoms with Crippen LogP contribution in [0.25, 0.3) is 5.57 Å². The molecule has 154 valence electrons. The number of rotatable bonds is 8. The average molecular weight is 407 g/mol. The predicted molar refractivity (Wildman–Crippen MR) is 111 cm³/mol. The van der Waals surface area contributed by atoms with Crippen molar-refractivity contribution in [3.8, 4) is 28.9 Å². The first-order valence-corrected chi connectivity index (χ1v) is 9.01. The maximum atomic E-state index is 12.1. The zero-order chi connectivity index (χ0) is 21.3. The first kappa shape index (κ1) is 20.7. The summed E-state index contributed by atoms with van der Waals surface area (Å²) in [6, 6.07) is 17.8. The van der Waals surface area contributed by atoms with Gasteiger partial charge < -0.3 is 23.7 Å². The monoisotopic (exact) mass is 407 g/mol. The van der Waals surface area contributed by atoms with Crippen LogP contribution in [0.5, 0.6) is 28.9 Å². The minimum Gasteiger partial charge on any atom is -0.503 e. The average Bonchev–Trinajstić information content (AvgIpc) is 2.78. The second-order valence-corrected chi connectivity index (χ2v) is 5.94. The Morgan fingerprint density at radius 2 is 1.60 bits per heavy atom. The highest BCUT2D eigenvalue weighted by Crippen LogP contribution is 2.34. The minimum absolute atomic E-state index is 0.185. The maximum Gasteiger partial charge on any atom is 0.341 e. The number of hydrogen-bond donors (Lipinski definition) is 0. The van der Waals surface area contributed by atoms with Gasteiger partial charge in [-0.15, -0.1) is 0 Å². The van der Waals surface area contributed by atoms with E-state index in [4.69, 9.17) is 23.7 Å². The quantitative estimate of drug-likeness (QED) is 0.301. The summed E-state index contributed by atoms with van der Waals surface area (Å²) in [6.45, 7) is 0. The van der Waals surface area contributed by atoms with Crippen molar-refractivity contribution in [3.05, 3.63) is 78.7 Å². The minimum atomic E-state index is -0.567. The van der Waals surface area contributed by atoms with Crippen LogP contribution in [-0.4, -0.2) is 32.3 Å². The van der Waals surface area contributed by atoms with Crippen LogP contribution in [0.15, 0.2) is 73.1 Å². The number of hydrogen-bond acceptors (Lipinski definition) is 7. The van der Waals surface area contributed by atoms with Gasteiger partial charge in [-0.25, -0.2) is 9.78 Å². The van der Waals surface area contributed by atoms with E-state index < -0.39 is 5.97 Å². The molecule has 0 unspecified atom stereocenters. The zero-order valence-corrected chi connectivity index (χ0v) is 16.8. The second-order valence-electron chi connectivity index (χ2n) is 5.94. The van der Waals surface area contributed by atoms with Crippen molar-refractivity contribution in [3.63, 3.8) is 0 Å². The van der Waals surface area contributed by atoms with Gasteiger partial charge in [0.2, 0.25) is 5.88 Å². The van der Waals surface area contributed by atoms with Crippen LogP contribution in [-0.2, 0) is 14.3 Å². The van der Waals surface area contributed by atoms with Gasteiger partial charge in [0.1, 0.15) is 17.1 Å². The summed E-state index contributed by atoms with van der Waals surface area (Å²) < 4.78 is 27.0. The topological polar surface area (TPSA) is 76.1 Å². The highest BCUT2D eigenvalue weighted by Gasteiger charge is 2.19. The molecule has 0 radical (unpaired) electrons. The summed E-state index contributed by atoms with van der Waals surface area (Å²) >= 11 is 0. The Kier molecular flexibility index (Phi) is 6.89. The van der Waals surface area contributed by atoms with Crippen LogP contribution < -0.4 is 14.2 Å². The Morgan fingerprint density at radius 1 is 0.867 bits per heavy atom. The predicted octanol–water partition coefficient (Wildman–Crippen LogP) is 4.84. The molecule has 1 aromatic heterocycles. The molecule has 0 saturated carbocycles. The molecule has 0 bridgehead atoms. The normalized spacial score (nSPS) is 10.8. The number of ether oxygens (including phenoxy) is 5. The molecule has 0 spiro atoms. The Labute approximate surface area is 174 Å². The number of carbonyl (C=O) groups excluding carboxylic acids is 1. The fourth-order valence-corrected chi connectivity index (χ4v) is 2.67. The van der Waals surface area contributed by atoms with Gasteiger partial charge >= 0.3 is 5.97 Å². The van der Waals surface area contributed by atoms with Gasteiger partial charge in [-0.05, 0) is 36.4 Å². The Morgan fingerprint density at radius 3 is 2.30 bits per heavy atom. The van der Waals surface area contributed by atoms with E-state index in [1.807, 2.05) is 18.2 Å². The summed E-state index contributed by atoms with van der Waals surface area (Å²) in [6.07, 6.45) is 2.85. The molecular formula is C23H21NO6. The molecule has 3 rings (SSSR count). The van der Waals surface area contributed by atoms with Crippen molar-refractivity contribution in [2.75, 3.05) is 21.3 Å². The zero-order valence-electron chi connectivity index (χ0n) is 16.8. The maximum absolute atomic E-state index is 12.1. The lowest BCUT2D eigenvalue weighted by atomic mass is 10.1. The van der Waals surface area contributed by atoms with Crippen LogP contribution in [0.1, 0.15) is 5.56 Å². The van der Waals surface area contributed by atoms with Gasteiger partial charge in [0.05, 0.1) is 33.2 Å². The molecule has 0 N–H and O–H groups in total. The molecule has 0 fully saturated rings. The van der Waals surface area contributed by atoms with Crippen molar-refractivity contribution in [1.29, 1.82) is 0 Å². The van der Waals surface area contributed by atoms with Crippen LogP contribution in [0.3, 0.4) is 0 Å². The van der Waals surface area contributed by atoms with E-state index in [-0.39, 0.29) is 11.5 Å². The fraction of sp³-hybridized carbons (Fsp3) is 0.130. The van der Waals surface area contributed by atoms with Crippen molar-refractivity contribution in [2.24, 2.45) is 0 Å². The smallest absolute Gasteiger partial charge is 0.341 e. The number of nitrogens with zero attached hydrogens (tertiary/aromatic N) is 1. The molecule has 1 heterocycles. The highest BCUT2D eigenvalue weighted by atomic mass is 16.5. The summed E-state index contributed by atoms with van der Waals surface area (Å²) in [5, 5.41) is 0. The van der Waals surface area contributed by atoms with Gasteiger partial charge in [0.15, 0.2) is 11.5 Å². The van der Waals surface area contributed by atoms with Crippen molar-refractivity contribution in [2.45, 2.75) is 0 Å². The van der Waals surface area contributed by atoms with Crippen molar-refractivity contribution < 1.29 is 28.5 Å². The van der Waals surface area contributed by atoms with E-state index in [9.17, 15) is 4.79 Å². The van der Waals surface area contributed by atoms with Crippen LogP contribution >= 0.6 is 0 Å². The number of pyridine rings is 1. The van der Waals surface area contributed by atoms with E-state index in [1.165, 1.54) is 20.5 Å². The number of esters is 1. The Hall–Kier alpha value is -4.00. The van der Waals surface area contributed by atoms with E-state index >= 15 is 0 Å². The number of carbonyl (C=O) groups is 1. The van der Waals surface area contributed by atoms with E-state index in [0.717, 1.165) is 0 Å². The molecule has 30 heavy (non-hydrogen) atoms. The third kappa shape index (κ3) is 4.88. The first-order chi connectivity index (χ1) is 14.7. The van der Waals surface area contributed by atoms with Crippen molar-refractivity contribution >= 4 is 11.5 Å². The molecule has 2 aromatic carbocycles. The summed E-state index contributed by atoms with van der Waals surface area (Å²) in [5.41, 5.74) is 0.617. The molecular weight excluding hydrogens is 386 g/mol. The lowest BCUT2D eigenvalue weighted by Crippen LogP contribution is -2.06. The van der Waals surface area contributed by atoms with Crippen molar-refractivity contribution in [1.82, 2.24) is 4.98 Å². The number of methoxy groups -OCH3 is 3. The lowest BCUT2D eigenvalue weighted by Gasteiger charge is -2.13. The molecule has 0 aliphatic rings. The SMILES string of the molecule is CO/C=C(/C(=O)OC)c1cccnc1Oc1cccc(Oc2ccccc2OC)c1. The van der Waals surface area contributed by atoms with E-state index in [1.54, 1.807) is 55.8 Å². The van der Waals surface area contributed by atoms with Gasteiger partial charge in [-0.3, -0.25) is 0 Å². The summed E-state index contributed by atoms with van der Waals surface area (Å²) in [5.74, 6) is 1.87. The molecule has 0 aliphatic heterocycles. The van der Waals surface area contributed by atoms with Gasteiger partial charge in [0.25, 0.3) is 0 Å². The van der Waals surface area contributed by atoms with Crippen LogP contribution in [0, 0.1) is 0 Å². The molecule has 0 amide bonds. The Balaban J connectivity index is 1.89. The number of para-hydroxylation sites is 2. The van der Waals surface area contributed by atoms with Gasteiger partial charge in [-0.2, -0.15) is 0 Å². The second kappa shape index (κ2) is 9.97. The van der Waals surface area contributed by atoms with Gasteiger partial charge in [0, 0.05) is 12.3 Å². The van der Waals surface area contributed by atoms with E-state index in [0.29, 0.717) is 28.6 Å². The van der Waals surface area contributed by atoms with E-state index in [2.05, 4.69) is 4.98 Å². The lowest BCUT2D eigenvalue weighted by molar-refractivity contribution is -0.133. The largest absolute Gasteiger partial charge is 0.503 e. The standard InChI is InChI=1S/C23H21NO6/c1-26-15-19(23(25)28-3)18-10-7-13-24-22(18)30-17-9-6-8-16(14-17)29-21-12-5-4-11-20(21)27-2/h4-15H,1-3H3/b19-15+. The fourth-order valence-electron chi connectivity index (χ4n) is 2.67. The molecule has 7 heteroatoms. The van der Waals surface area contributed by atoms with Gasteiger partial charge in [-0.1, -0.05) is 18.2 Å². The third-order valence-corrected chi connectivity index (χ3v) is 4.02. The Bertz CT molecular complexity index is 1050.